The summed E-state index contributed by atoms with van der Waals surface area (Å²) in [6.45, 7) is 2.16. The molecule has 0 radical (unpaired) electrons. The third-order valence-corrected chi connectivity index (χ3v) is 7.48. The fourth-order valence-electron chi connectivity index (χ4n) is 5.19. The van der Waals surface area contributed by atoms with Crippen LogP contribution < -0.4 is 10.5 Å². The standard InChI is InChI=1S/C30H32N6O2/c1-34(22-11-12-22)16-5-8-27(37)35-17-15-23(18-35)36-19-26(28-29(31)32-20-33-30(28)36)21-9-13-25(14-10-21)38-24-6-3-2-4-7-24/h2-10,13-14,19-20,22-23H,11-12,15-18H2,1H3,(H2,31,32,33). The third-order valence-electron chi connectivity index (χ3n) is 7.48. The van der Waals surface area contributed by atoms with Crippen LogP contribution in [0.25, 0.3) is 22.2 Å². The van der Waals surface area contributed by atoms with Gasteiger partial charge in [0.15, 0.2) is 0 Å². The number of amides is 1. The molecule has 2 aromatic carbocycles. The Kier molecular flexibility index (Phi) is 6.55. The Morgan fingerprint density at radius 2 is 1.84 bits per heavy atom. The molecule has 1 atom stereocenters. The van der Waals surface area contributed by atoms with Crippen LogP contribution in [0.15, 0.2) is 79.3 Å². The zero-order valence-electron chi connectivity index (χ0n) is 21.5. The molecule has 4 aromatic rings. The number of nitrogen functional groups attached to an aromatic ring is 1. The molecule has 2 fully saturated rings. The summed E-state index contributed by atoms with van der Waals surface area (Å²) in [5, 5.41) is 0.831. The van der Waals surface area contributed by atoms with E-state index in [4.69, 9.17) is 10.5 Å². The van der Waals surface area contributed by atoms with Crippen LogP contribution in [0.4, 0.5) is 5.82 Å². The number of carbonyl (C=O) groups excluding carboxylic acids is 1. The number of likely N-dealkylation sites (tertiary alicyclic amines) is 1. The van der Waals surface area contributed by atoms with Crippen LogP contribution in [0.3, 0.4) is 0 Å². The molecule has 6 rings (SSSR count). The molecule has 0 bridgehead atoms. The topological polar surface area (TPSA) is 89.5 Å². The summed E-state index contributed by atoms with van der Waals surface area (Å²) >= 11 is 0. The van der Waals surface area contributed by atoms with Crippen molar-refractivity contribution in [2.45, 2.75) is 31.3 Å². The van der Waals surface area contributed by atoms with E-state index in [0.29, 0.717) is 24.9 Å². The van der Waals surface area contributed by atoms with Gasteiger partial charge in [0.05, 0.1) is 11.4 Å². The van der Waals surface area contributed by atoms with Crippen molar-refractivity contribution in [1.82, 2.24) is 24.3 Å². The fraction of sp³-hybridized carbons (Fsp3) is 0.300. The van der Waals surface area contributed by atoms with E-state index in [0.717, 1.165) is 46.6 Å². The number of benzene rings is 2. The summed E-state index contributed by atoms with van der Waals surface area (Å²) in [5.74, 6) is 2.06. The maximum absolute atomic E-state index is 12.9. The molecule has 1 unspecified atom stereocenters. The number of anilines is 1. The van der Waals surface area contributed by atoms with Crippen molar-refractivity contribution < 1.29 is 9.53 Å². The molecule has 1 saturated carbocycles. The molecule has 1 saturated heterocycles. The highest BCUT2D eigenvalue weighted by Crippen LogP contribution is 2.37. The normalized spacial score (nSPS) is 17.6. The number of nitrogens with zero attached hydrogens (tertiary/aromatic N) is 5. The third kappa shape index (κ3) is 4.99. The van der Waals surface area contributed by atoms with Gasteiger partial charge in [-0.3, -0.25) is 9.69 Å². The van der Waals surface area contributed by atoms with Crippen molar-refractivity contribution >= 4 is 22.8 Å². The first-order valence-corrected chi connectivity index (χ1v) is 13.2. The maximum atomic E-state index is 12.9. The summed E-state index contributed by atoms with van der Waals surface area (Å²) in [5.41, 5.74) is 9.12. The van der Waals surface area contributed by atoms with Crippen molar-refractivity contribution in [3.05, 3.63) is 79.3 Å². The second-order valence-corrected chi connectivity index (χ2v) is 10.1. The number of para-hydroxylation sites is 1. The monoisotopic (exact) mass is 508 g/mol. The SMILES string of the molecule is CN(CC=CC(=O)N1CCC(n2cc(-c3ccc(Oc4ccccc4)cc3)c3c(N)ncnc32)C1)C1CC1. The van der Waals surface area contributed by atoms with Gasteiger partial charge in [-0.25, -0.2) is 9.97 Å². The zero-order valence-corrected chi connectivity index (χ0v) is 21.5. The molecule has 8 heteroatoms. The lowest BCUT2D eigenvalue weighted by Gasteiger charge is -2.16. The van der Waals surface area contributed by atoms with Crippen LogP contribution in [0.2, 0.25) is 0 Å². The van der Waals surface area contributed by atoms with Gasteiger partial charge in [0.25, 0.3) is 0 Å². The van der Waals surface area contributed by atoms with Crippen LogP contribution in [-0.4, -0.2) is 63.0 Å². The average molecular weight is 509 g/mol. The van der Waals surface area contributed by atoms with Gasteiger partial charge in [-0.15, -0.1) is 0 Å². The van der Waals surface area contributed by atoms with E-state index in [1.807, 2.05) is 65.6 Å². The van der Waals surface area contributed by atoms with Gasteiger partial charge in [0, 0.05) is 43.5 Å². The number of rotatable bonds is 8. The highest BCUT2D eigenvalue weighted by Gasteiger charge is 2.29. The minimum Gasteiger partial charge on any atom is -0.457 e. The molecule has 2 aromatic heterocycles. The second kappa shape index (κ2) is 10.3. The molecule has 1 amide bonds. The molecule has 0 spiro atoms. The largest absolute Gasteiger partial charge is 0.457 e. The van der Waals surface area contributed by atoms with Crippen molar-refractivity contribution in [2.75, 3.05) is 32.4 Å². The molecule has 1 aliphatic heterocycles. The van der Waals surface area contributed by atoms with Gasteiger partial charge in [0.1, 0.15) is 29.3 Å². The summed E-state index contributed by atoms with van der Waals surface area (Å²) in [4.78, 5) is 25.9. The number of hydrogen-bond donors (Lipinski definition) is 1. The van der Waals surface area contributed by atoms with Crippen molar-refractivity contribution in [2.24, 2.45) is 0 Å². The van der Waals surface area contributed by atoms with Gasteiger partial charge in [-0.1, -0.05) is 36.4 Å². The van der Waals surface area contributed by atoms with Gasteiger partial charge in [-0.2, -0.15) is 0 Å². The zero-order chi connectivity index (χ0) is 26.1. The van der Waals surface area contributed by atoms with E-state index in [1.54, 1.807) is 6.08 Å². The van der Waals surface area contributed by atoms with E-state index >= 15 is 0 Å². The molecular formula is C30H32N6O2. The first kappa shape index (κ1) is 24.2. The van der Waals surface area contributed by atoms with Crippen LogP contribution in [-0.2, 0) is 4.79 Å². The fourth-order valence-corrected chi connectivity index (χ4v) is 5.19. The van der Waals surface area contributed by atoms with Gasteiger partial charge in [0.2, 0.25) is 5.91 Å². The molecule has 1 aliphatic carbocycles. The Labute approximate surface area is 222 Å². The van der Waals surface area contributed by atoms with Crippen molar-refractivity contribution in [3.8, 4) is 22.6 Å². The molecular weight excluding hydrogens is 476 g/mol. The van der Waals surface area contributed by atoms with E-state index in [-0.39, 0.29) is 11.9 Å². The number of carbonyl (C=O) groups is 1. The number of fused-ring (bicyclic) bond motifs is 1. The van der Waals surface area contributed by atoms with Gasteiger partial charge >= 0.3 is 0 Å². The lowest BCUT2D eigenvalue weighted by molar-refractivity contribution is -0.125. The van der Waals surface area contributed by atoms with Crippen LogP contribution in [0.1, 0.15) is 25.3 Å². The molecule has 8 nitrogen and oxygen atoms in total. The summed E-state index contributed by atoms with van der Waals surface area (Å²) < 4.78 is 8.12. The Morgan fingerprint density at radius 3 is 2.61 bits per heavy atom. The Bertz CT molecular complexity index is 1460. The molecule has 2 N–H and O–H groups in total. The quantitative estimate of drug-likeness (QED) is 0.341. The molecule has 38 heavy (non-hydrogen) atoms. The van der Waals surface area contributed by atoms with Crippen molar-refractivity contribution in [3.63, 3.8) is 0 Å². The lowest BCUT2D eigenvalue weighted by Crippen LogP contribution is -2.28. The van der Waals surface area contributed by atoms with Crippen molar-refractivity contribution in [1.29, 1.82) is 0 Å². The molecule has 3 heterocycles. The van der Waals surface area contributed by atoms with E-state index in [9.17, 15) is 4.79 Å². The number of hydrogen-bond acceptors (Lipinski definition) is 6. The molecule has 194 valence electrons. The minimum absolute atomic E-state index is 0.0662. The molecule has 2 aliphatic rings. The highest BCUT2D eigenvalue weighted by atomic mass is 16.5. The summed E-state index contributed by atoms with van der Waals surface area (Å²) in [7, 11) is 2.12. The predicted molar refractivity (Wildman–Crippen MR) is 149 cm³/mol. The second-order valence-electron chi connectivity index (χ2n) is 10.1. The predicted octanol–water partition coefficient (Wildman–Crippen LogP) is 4.90. The van der Waals surface area contributed by atoms with E-state index in [2.05, 4.69) is 32.7 Å². The van der Waals surface area contributed by atoms with E-state index in [1.165, 1.54) is 19.2 Å². The van der Waals surface area contributed by atoms with Crippen LogP contribution >= 0.6 is 0 Å². The smallest absolute Gasteiger partial charge is 0.246 e. The Hall–Kier alpha value is -4.17. The van der Waals surface area contributed by atoms with Gasteiger partial charge in [-0.05, 0) is 56.1 Å². The first-order chi connectivity index (χ1) is 18.6. The number of ether oxygens (including phenoxy) is 1. The Morgan fingerprint density at radius 1 is 1.08 bits per heavy atom. The Balaban J connectivity index is 1.21. The van der Waals surface area contributed by atoms with Crippen LogP contribution in [0, 0.1) is 0 Å². The minimum atomic E-state index is 0.0662. The van der Waals surface area contributed by atoms with Crippen LogP contribution in [0.5, 0.6) is 11.5 Å². The maximum Gasteiger partial charge on any atom is 0.246 e. The number of nitrogens with two attached hydrogens (primary N) is 1. The summed E-state index contributed by atoms with van der Waals surface area (Å²) in [6, 6.07) is 18.5. The van der Waals surface area contributed by atoms with E-state index < -0.39 is 0 Å². The first-order valence-electron chi connectivity index (χ1n) is 13.2. The highest BCUT2D eigenvalue weighted by molar-refractivity contribution is 6.00. The lowest BCUT2D eigenvalue weighted by atomic mass is 10.1. The summed E-state index contributed by atoms with van der Waals surface area (Å²) in [6.07, 6.45) is 10.7. The number of likely N-dealkylation sites (N-methyl/N-ethyl adjacent to an activating group) is 1. The average Bonchev–Trinajstić information content (AvgIpc) is 3.54. The van der Waals surface area contributed by atoms with Gasteiger partial charge < -0.3 is 19.9 Å². The number of aromatic nitrogens is 3.